The third-order valence-electron chi connectivity index (χ3n) is 5.83. The molecule has 0 unspecified atom stereocenters. The summed E-state index contributed by atoms with van der Waals surface area (Å²) in [5.41, 5.74) is 1.10. The molecule has 4 nitrogen and oxygen atoms in total. The highest BCUT2D eigenvalue weighted by Crippen LogP contribution is 2.37. The maximum Gasteiger partial charge on any atom is 0.416 e. The van der Waals surface area contributed by atoms with E-state index in [1.54, 1.807) is 6.20 Å². The Hall–Kier alpha value is -2.48. The number of piperidine rings is 1. The van der Waals surface area contributed by atoms with E-state index in [1.807, 2.05) is 30.7 Å². The van der Waals surface area contributed by atoms with Crippen LogP contribution in [-0.4, -0.2) is 32.5 Å². The fourth-order valence-electron chi connectivity index (χ4n) is 4.26. The molecular weight excluding hydrogens is 384 g/mol. The average Bonchev–Trinajstić information content (AvgIpc) is 2.97. The number of likely N-dealkylation sites (tertiary alicyclic amines) is 1. The Morgan fingerprint density at radius 2 is 2.00 bits per heavy atom. The summed E-state index contributed by atoms with van der Waals surface area (Å²) in [7, 11) is 1.96. The number of hydrogen-bond acceptors (Lipinski definition) is 3. The first-order valence-electron chi connectivity index (χ1n) is 9.59. The number of fused-ring (bicyclic) bond motifs is 1. The lowest BCUT2D eigenvalue weighted by Crippen LogP contribution is -2.38. The lowest BCUT2D eigenvalue weighted by molar-refractivity contribution is -0.137. The molecule has 1 aliphatic heterocycles. The van der Waals surface area contributed by atoms with Gasteiger partial charge in [0, 0.05) is 19.8 Å². The summed E-state index contributed by atoms with van der Waals surface area (Å²) in [6.45, 7) is 4.12. The molecule has 1 aliphatic rings. The predicted molar refractivity (Wildman–Crippen MR) is 102 cm³/mol. The molecule has 154 valence electrons. The molecule has 0 N–H and O–H groups in total. The zero-order valence-corrected chi connectivity index (χ0v) is 16.2. The molecular formula is C21H22F4N4. The van der Waals surface area contributed by atoms with Crippen LogP contribution in [0.25, 0.3) is 11.2 Å². The van der Waals surface area contributed by atoms with Crippen LogP contribution in [0.5, 0.6) is 0 Å². The van der Waals surface area contributed by atoms with Gasteiger partial charge in [-0.05, 0) is 54.6 Å². The zero-order chi connectivity index (χ0) is 20.8. The van der Waals surface area contributed by atoms with Crippen molar-refractivity contribution >= 4 is 11.2 Å². The van der Waals surface area contributed by atoms with Gasteiger partial charge in [0.15, 0.2) is 5.65 Å². The van der Waals surface area contributed by atoms with Crippen molar-refractivity contribution in [2.75, 3.05) is 13.1 Å². The normalized spacial score (nSPS) is 21.0. The number of aryl methyl sites for hydroxylation is 1. The van der Waals surface area contributed by atoms with Crippen molar-refractivity contribution in [3.05, 3.63) is 59.3 Å². The van der Waals surface area contributed by atoms with Crippen molar-refractivity contribution in [2.45, 2.75) is 32.0 Å². The van der Waals surface area contributed by atoms with Crippen LogP contribution >= 0.6 is 0 Å². The molecule has 8 heteroatoms. The van der Waals surface area contributed by atoms with Gasteiger partial charge in [0.05, 0.1) is 17.6 Å². The quantitative estimate of drug-likeness (QED) is 0.589. The number of aromatic nitrogens is 3. The average molecular weight is 406 g/mol. The van der Waals surface area contributed by atoms with Crippen LogP contribution in [0.4, 0.5) is 17.6 Å². The van der Waals surface area contributed by atoms with Crippen molar-refractivity contribution < 1.29 is 17.6 Å². The fraction of sp³-hybridized carbons (Fsp3) is 0.429. The van der Waals surface area contributed by atoms with Crippen LogP contribution in [0.1, 0.15) is 36.2 Å². The molecule has 3 aromatic rings. The number of benzene rings is 1. The molecule has 0 radical (unpaired) electrons. The standard InChI is InChI=1S/C21H22F4N4/c1-13-11-29(12-19-27-20-18(28(19)2)4-3-8-26-20)9-7-15(13)16-6-5-14(10-17(16)22)21(23,24)25/h3-6,8,10,13,15H,7,9,11-12H2,1-2H3/t13-,15+/m0/s1. The summed E-state index contributed by atoms with van der Waals surface area (Å²) in [4.78, 5) is 11.1. The number of pyridine rings is 1. The lowest BCUT2D eigenvalue weighted by Gasteiger charge is -2.37. The Morgan fingerprint density at radius 3 is 2.66 bits per heavy atom. The van der Waals surface area contributed by atoms with E-state index in [4.69, 9.17) is 0 Å². The molecule has 0 amide bonds. The number of alkyl halides is 3. The summed E-state index contributed by atoms with van der Waals surface area (Å²) in [5.74, 6) is 0.148. The number of rotatable bonds is 3. The second kappa shape index (κ2) is 7.40. The Bertz CT molecular complexity index is 1030. The van der Waals surface area contributed by atoms with Crippen molar-refractivity contribution in [1.29, 1.82) is 0 Å². The van der Waals surface area contributed by atoms with E-state index in [1.165, 1.54) is 6.07 Å². The SMILES string of the molecule is C[C@H]1CN(Cc2nc3ncccc3n2C)CC[C@H]1c1ccc(C(F)(F)F)cc1F. The first-order chi connectivity index (χ1) is 13.7. The third-order valence-corrected chi connectivity index (χ3v) is 5.83. The summed E-state index contributed by atoms with van der Waals surface area (Å²) in [6, 6.07) is 6.73. The molecule has 29 heavy (non-hydrogen) atoms. The Morgan fingerprint density at radius 1 is 1.21 bits per heavy atom. The molecule has 1 aromatic carbocycles. The molecule has 0 aliphatic carbocycles. The van der Waals surface area contributed by atoms with Gasteiger partial charge < -0.3 is 4.57 Å². The van der Waals surface area contributed by atoms with Gasteiger partial charge >= 0.3 is 6.18 Å². The van der Waals surface area contributed by atoms with E-state index >= 15 is 0 Å². The Labute approximate surface area is 166 Å². The molecule has 2 atom stereocenters. The molecule has 1 saturated heterocycles. The molecule has 2 aromatic heterocycles. The highest BCUT2D eigenvalue weighted by molar-refractivity contribution is 5.71. The fourth-order valence-corrected chi connectivity index (χ4v) is 4.26. The van der Waals surface area contributed by atoms with Gasteiger partial charge in [-0.1, -0.05) is 13.0 Å². The number of halogens is 4. The van der Waals surface area contributed by atoms with Crippen LogP contribution in [0.2, 0.25) is 0 Å². The van der Waals surface area contributed by atoms with Crippen LogP contribution < -0.4 is 0 Å². The van der Waals surface area contributed by atoms with Gasteiger partial charge in [0.25, 0.3) is 0 Å². The second-order valence-electron chi connectivity index (χ2n) is 7.77. The van der Waals surface area contributed by atoms with Gasteiger partial charge in [-0.15, -0.1) is 0 Å². The third kappa shape index (κ3) is 3.85. The molecule has 4 rings (SSSR count). The van der Waals surface area contributed by atoms with Gasteiger partial charge in [0.1, 0.15) is 11.6 Å². The molecule has 0 bridgehead atoms. The van der Waals surface area contributed by atoms with Crippen molar-refractivity contribution in [2.24, 2.45) is 13.0 Å². The minimum absolute atomic E-state index is 0.101. The van der Waals surface area contributed by atoms with Gasteiger partial charge in [-0.25, -0.2) is 14.4 Å². The number of nitrogens with zero attached hydrogens (tertiary/aromatic N) is 4. The zero-order valence-electron chi connectivity index (χ0n) is 16.2. The van der Waals surface area contributed by atoms with E-state index in [9.17, 15) is 17.6 Å². The maximum absolute atomic E-state index is 14.4. The topological polar surface area (TPSA) is 34.0 Å². The number of hydrogen-bond donors (Lipinski definition) is 0. The Balaban J connectivity index is 1.48. The minimum atomic E-state index is -4.53. The van der Waals surface area contributed by atoms with Crippen molar-refractivity contribution in [3.8, 4) is 0 Å². The molecule has 3 heterocycles. The highest BCUT2D eigenvalue weighted by Gasteiger charge is 2.34. The summed E-state index contributed by atoms with van der Waals surface area (Å²) >= 11 is 0. The minimum Gasteiger partial charge on any atom is -0.329 e. The summed E-state index contributed by atoms with van der Waals surface area (Å²) < 4.78 is 54.8. The van der Waals surface area contributed by atoms with E-state index in [-0.39, 0.29) is 11.8 Å². The lowest BCUT2D eigenvalue weighted by atomic mass is 9.81. The first kappa shape index (κ1) is 19.8. The molecule has 0 saturated carbocycles. The van der Waals surface area contributed by atoms with Gasteiger partial charge in [0.2, 0.25) is 0 Å². The van der Waals surface area contributed by atoms with Gasteiger partial charge in [-0.2, -0.15) is 13.2 Å². The molecule has 1 fully saturated rings. The van der Waals surface area contributed by atoms with Crippen molar-refractivity contribution in [1.82, 2.24) is 19.4 Å². The van der Waals surface area contributed by atoms with Crippen LogP contribution in [-0.2, 0) is 19.8 Å². The van der Waals surface area contributed by atoms with Crippen LogP contribution in [0.3, 0.4) is 0 Å². The van der Waals surface area contributed by atoms with Crippen LogP contribution in [0, 0.1) is 11.7 Å². The highest BCUT2D eigenvalue weighted by atomic mass is 19.4. The van der Waals surface area contributed by atoms with E-state index in [2.05, 4.69) is 14.9 Å². The van der Waals surface area contributed by atoms with E-state index in [0.717, 1.165) is 30.5 Å². The van der Waals surface area contributed by atoms with Crippen LogP contribution in [0.15, 0.2) is 36.5 Å². The first-order valence-corrected chi connectivity index (χ1v) is 9.59. The number of imidazole rings is 1. The summed E-state index contributed by atoms with van der Waals surface area (Å²) in [6.07, 6.45) is -2.13. The predicted octanol–water partition coefficient (Wildman–Crippen LogP) is 4.75. The van der Waals surface area contributed by atoms with E-state index < -0.39 is 17.6 Å². The monoisotopic (exact) mass is 406 g/mol. The van der Waals surface area contributed by atoms with E-state index in [0.29, 0.717) is 30.2 Å². The van der Waals surface area contributed by atoms with Gasteiger partial charge in [-0.3, -0.25) is 4.90 Å². The Kier molecular flexibility index (Phi) is 5.06. The second-order valence-corrected chi connectivity index (χ2v) is 7.77. The maximum atomic E-state index is 14.4. The van der Waals surface area contributed by atoms with Crippen molar-refractivity contribution in [3.63, 3.8) is 0 Å². The summed E-state index contributed by atoms with van der Waals surface area (Å²) in [5, 5.41) is 0. The molecule has 0 spiro atoms. The largest absolute Gasteiger partial charge is 0.416 e. The smallest absolute Gasteiger partial charge is 0.329 e.